The van der Waals surface area contributed by atoms with E-state index in [1.165, 1.54) is 26.6 Å². The summed E-state index contributed by atoms with van der Waals surface area (Å²) in [6.07, 6.45) is 4.44. The standard InChI is InChI=1S/C21H20O6/c1-12-6-5-7-13(18(12)24-2)8-9-15(22)16-17(23)21(26-4)20-14(10-11-27-20)19(16)25-3/h5-11,23H,1-4H3/b9-8+. The zero-order valence-corrected chi connectivity index (χ0v) is 15.5. The Hall–Kier alpha value is -3.41. The Bertz CT molecular complexity index is 1030. The molecule has 2 aromatic carbocycles. The van der Waals surface area contributed by atoms with Gasteiger partial charge in [0, 0.05) is 5.56 Å². The molecule has 0 spiro atoms. The average molecular weight is 368 g/mol. The number of fused-ring (bicyclic) bond motifs is 1. The van der Waals surface area contributed by atoms with E-state index in [2.05, 4.69) is 0 Å². The molecule has 0 saturated heterocycles. The van der Waals surface area contributed by atoms with Gasteiger partial charge in [-0.2, -0.15) is 0 Å². The van der Waals surface area contributed by atoms with Gasteiger partial charge in [-0.1, -0.05) is 18.2 Å². The van der Waals surface area contributed by atoms with Crippen LogP contribution in [0.25, 0.3) is 17.0 Å². The van der Waals surface area contributed by atoms with Gasteiger partial charge < -0.3 is 23.7 Å². The molecule has 0 aliphatic carbocycles. The number of hydrogen-bond donors (Lipinski definition) is 1. The Morgan fingerprint density at radius 2 is 1.74 bits per heavy atom. The van der Waals surface area contributed by atoms with Crippen molar-refractivity contribution in [3.05, 3.63) is 53.3 Å². The number of allylic oxidation sites excluding steroid dienone is 1. The van der Waals surface area contributed by atoms with Crippen LogP contribution in [-0.4, -0.2) is 32.2 Å². The first-order valence-electron chi connectivity index (χ1n) is 8.23. The molecule has 3 rings (SSSR count). The van der Waals surface area contributed by atoms with E-state index < -0.39 is 5.78 Å². The van der Waals surface area contributed by atoms with Crippen molar-refractivity contribution in [2.24, 2.45) is 0 Å². The van der Waals surface area contributed by atoms with Crippen molar-refractivity contribution < 1.29 is 28.5 Å². The molecule has 3 aromatic rings. The van der Waals surface area contributed by atoms with Crippen molar-refractivity contribution in [1.82, 2.24) is 0 Å². The number of furan rings is 1. The quantitative estimate of drug-likeness (QED) is 0.514. The first-order valence-corrected chi connectivity index (χ1v) is 8.23. The third kappa shape index (κ3) is 3.10. The molecule has 6 nitrogen and oxygen atoms in total. The van der Waals surface area contributed by atoms with Gasteiger partial charge in [0.2, 0.25) is 5.75 Å². The van der Waals surface area contributed by atoms with Gasteiger partial charge in [-0.25, -0.2) is 0 Å². The number of methoxy groups -OCH3 is 3. The summed E-state index contributed by atoms with van der Waals surface area (Å²) in [5, 5.41) is 11.1. The second-order valence-corrected chi connectivity index (χ2v) is 5.85. The number of carbonyl (C=O) groups excluding carboxylic acids is 1. The summed E-state index contributed by atoms with van der Waals surface area (Å²) in [4.78, 5) is 12.9. The second-order valence-electron chi connectivity index (χ2n) is 5.85. The van der Waals surface area contributed by atoms with Crippen LogP contribution in [0.2, 0.25) is 0 Å². The molecule has 0 amide bonds. The maximum absolute atomic E-state index is 12.9. The summed E-state index contributed by atoms with van der Waals surface area (Å²) < 4.78 is 21.4. The van der Waals surface area contributed by atoms with Crippen LogP contribution in [0.4, 0.5) is 0 Å². The van der Waals surface area contributed by atoms with Crippen molar-refractivity contribution in [3.63, 3.8) is 0 Å². The molecular formula is C21H20O6. The number of benzene rings is 2. The van der Waals surface area contributed by atoms with Gasteiger partial charge in [-0.3, -0.25) is 4.79 Å². The largest absolute Gasteiger partial charge is 0.504 e. The first-order chi connectivity index (χ1) is 13.0. The van der Waals surface area contributed by atoms with E-state index in [0.29, 0.717) is 16.7 Å². The number of carbonyl (C=O) groups is 1. The monoisotopic (exact) mass is 368 g/mol. The third-order valence-electron chi connectivity index (χ3n) is 4.31. The fourth-order valence-electron chi connectivity index (χ4n) is 3.09. The highest BCUT2D eigenvalue weighted by Gasteiger charge is 2.26. The average Bonchev–Trinajstić information content (AvgIpc) is 3.14. The Morgan fingerprint density at radius 1 is 1.04 bits per heavy atom. The van der Waals surface area contributed by atoms with Gasteiger partial charge in [0.25, 0.3) is 0 Å². The topological polar surface area (TPSA) is 78.1 Å². The fourth-order valence-corrected chi connectivity index (χ4v) is 3.09. The third-order valence-corrected chi connectivity index (χ3v) is 4.31. The summed E-state index contributed by atoms with van der Waals surface area (Å²) in [7, 11) is 4.40. The molecule has 0 aliphatic rings. The fraction of sp³-hybridized carbons (Fsp3) is 0.190. The van der Waals surface area contributed by atoms with Crippen LogP contribution in [-0.2, 0) is 0 Å². The van der Waals surface area contributed by atoms with E-state index in [0.717, 1.165) is 11.1 Å². The summed E-state index contributed by atoms with van der Waals surface area (Å²) in [6.45, 7) is 1.92. The maximum Gasteiger partial charge on any atom is 0.205 e. The minimum absolute atomic E-state index is 0.00567. The molecule has 140 valence electrons. The number of phenolic OH excluding ortho intramolecular Hbond substituents is 1. The Kier molecular flexibility index (Phi) is 5.07. The van der Waals surface area contributed by atoms with E-state index in [1.807, 2.05) is 25.1 Å². The number of para-hydroxylation sites is 1. The lowest BCUT2D eigenvalue weighted by molar-refractivity contribution is 0.104. The maximum atomic E-state index is 12.9. The Balaban J connectivity index is 2.11. The molecule has 1 N–H and O–H groups in total. The number of ketones is 1. The lowest BCUT2D eigenvalue weighted by Crippen LogP contribution is -2.02. The lowest BCUT2D eigenvalue weighted by Gasteiger charge is -2.13. The smallest absolute Gasteiger partial charge is 0.205 e. The molecule has 0 unspecified atom stereocenters. The molecule has 0 fully saturated rings. The molecule has 0 atom stereocenters. The van der Waals surface area contributed by atoms with Crippen LogP contribution in [0.1, 0.15) is 21.5 Å². The van der Waals surface area contributed by atoms with E-state index in [4.69, 9.17) is 18.6 Å². The van der Waals surface area contributed by atoms with Crippen LogP contribution in [0.3, 0.4) is 0 Å². The van der Waals surface area contributed by atoms with Crippen LogP contribution in [0.15, 0.2) is 41.0 Å². The van der Waals surface area contributed by atoms with E-state index in [9.17, 15) is 9.90 Å². The molecule has 6 heteroatoms. The van der Waals surface area contributed by atoms with Gasteiger partial charge in [0.15, 0.2) is 17.1 Å². The van der Waals surface area contributed by atoms with Crippen molar-refractivity contribution in [1.29, 1.82) is 0 Å². The van der Waals surface area contributed by atoms with Crippen molar-refractivity contribution >= 4 is 22.8 Å². The zero-order valence-electron chi connectivity index (χ0n) is 15.5. The number of aromatic hydroxyl groups is 1. The van der Waals surface area contributed by atoms with Gasteiger partial charge in [0.05, 0.1) is 33.0 Å². The highest BCUT2D eigenvalue weighted by molar-refractivity contribution is 6.15. The van der Waals surface area contributed by atoms with E-state index >= 15 is 0 Å². The highest BCUT2D eigenvalue weighted by Crippen LogP contribution is 2.45. The van der Waals surface area contributed by atoms with Crippen LogP contribution in [0.5, 0.6) is 23.0 Å². The predicted molar refractivity (Wildman–Crippen MR) is 102 cm³/mol. The Morgan fingerprint density at radius 3 is 2.41 bits per heavy atom. The summed E-state index contributed by atoms with van der Waals surface area (Å²) in [6, 6.07) is 7.29. The molecule has 0 bridgehead atoms. The highest BCUT2D eigenvalue weighted by atomic mass is 16.5. The molecule has 27 heavy (non-hydrogen) atoms. The van der Waals surface area contributed by atoms with Crippen LogP contribution < -0.4 is 14.2 Å². The SMILES string of the molecule is COc1c(C)cccc1/C=C/C(=O)c1c(O)c(OC)c2occc2c1OC. The summed E-state index contributed by atoms with van der Waals surface area (Å²) in [5.74, 6) is 0.223. The minimum atomic E-state index is -0.436. The van der Waals surface area contributed by atoms with E-state index in [1.54, 1.807) is 19.3 Å². The van der Waals surface area contributed by atoms with E-state index in [-0.39, 0.29) is 22.8 Å². The lowest BCUT2D eigenvalue weighted by atomic mass is 10.0. The minimum Gasteiger partial charge on any atom is -0.504 e. The number of ether oxygens (including phenoxy) is 3. The first kappa shape index (κ1) is 18.4. The molecule has 0 aliphatic heterocycles. The number of rotatable bonds is 6. The van der Waals surface area contributed by atoms with Crippen molar-refractivity contribution in [2.45, 2.75) is 6.92 Å². The van der Waals surface area contributed by atoms with Gasteiger partial charge in [-0.15, -0.1) is 0 Å². The van der Waals surface area contributed by atoms with Crippen molar-refractivity contribution in [3.8, 4) is 23.0 Å². The molecule has 1 aromatic heterocycles. The molecule has 1 heterocycles. The predicted octanol–water partition coefficient (Wildman–Crippen LogP) is 4.37. The van der Waals surface area contributed by atoms with Crippen LogP contribution >= 0.6 is 0 Å². The van der Waals surface area contributed by atoms with Crippen LogP contribution in [0, 0.1) is 6.92 Å². The number of phenols is 1. The summed E-state index contributed by atoms with van der Waals surface area (Å²) >= 11 is 0. The second kappa shape index (κ2) is 7.45. The van der Waals surface area contributed by atoms with Gasteiger partial charge in [-0.05, 0) is 30.7 Å². The van der Waals surface area contributed by atoms with Crippen molar-refractivity contribution in [2.75, 3.05) is 21.3 Å². The van der Waals surface area contributed by atoms with Gasteiger partial charge in [0.1, 0.15) is 17.1 Å². The van der Waals surface area contributed by atoms with Gasteiger partial charge >= 0.3 is 0 Å². The molecular weight excluding hydrogens is 348 g/mol. The number of hydrogen-bond acceptors (Lipinski definition) is 6. The molecule has 0 saturated carbocycles. The zero-order chi connectivity index (χ0) is 19.6. The Labute approximate surface area is 156 Å². The molecule has 0 radical (unpaired) electrons. The number of aryl methyl sites for hydroxylation is 1. The summed E-state index contributed by atoms with van der Waals surface area (Å²) in [5.41, 5.74) is 2.02. The normalized spacial score (nSPS) is 11.1.